The molecule has 0 saturated heterocycles. The lowest BCUT2D eigenvalue weighted by molar-refractivity contribution is -0.138. The van der Waals surface area contributed by atoms with Crippen molar-refractivity contribution in [1.29, 1.82) is 0 Å². The van der Waals surface area contributed by atoms with Crippen LogP contribution in [0.15, 0.2) is 42.7 Å². The number of carboxylic acids is 1. The summed E-state index contributed by atoms with van der Waals surface area (Å²) in [6.45, 7) is 4.95. The molecule has 1 aliphatic heterocycles. The van der Waals surface area contributed by atoms with Gasteiger partial charge in [-0.1, -0.05) is 11.6 Å². The average Bonchev–Trinajstić information content (AvgIpc) is 3.00. The van der Waals surface area contributed by atoms with Crippen molar-refractivity contribution < 1.29 is 14.6 Å². The zero-order valence-corrected chi connectivity index (χ0v) is 17.0. The number of aryl methyl sites for hydroxylation is 1. The lowest BCUT2D eigenvalue weighted by atomic mass is 10.0. The summed E-state index contributed by atoms with van der Waals surface area (Å²) in [5, 5.41) is 10.3. The van der Waals surface area contributed by atoms with E-state index in [1.807, 2.05) is 12.1 Å². The van der Waals surface area contributed by atoms with Crippen LogP contribution in [0, 0.1) is 6.92 Å². The number of likely N-dealkylation sites (N-methyl/N-ethyl adjacent to an activating group) is 1. The minimum absolute atomic E-state index is 0.00386. The summed E-state index contributed by atoms with van der Waals surface area (Å²) in [6.07, 6.45) is 4.28. The molecule has 6 heteroatoms. The maximum atomic E-state index is 11.0. The molecule has 152 valence electrons. The number of hydrogen-bond acceptors (Lipinski definition) is 4. The number of carbonyl (C=O) groups is 1. The minimum atomic E-state index is -0.846. The molecule has 2 aromatic heterocycles. The van der Waals surface area contributed by atoms with E-state index in [9.17, 15) is 4.79 Å². The number of pyridine rings is 1. The third kappa shape index (κ3) is 4.18. The van der Waals surface area contributed by atoms with Gasteiger partial charge in [0.15, 0.2) is 0 Å². The van der Waals surface area contributed by atoms with Gasteiger partial charge < -0.3 is 19.3 Å². The van der Waals surface area contributed by atoms with Crippen molar-refractivity contribution in [3.63, 3.8) is 0 Å². The zero-order chi connectivity index (χ0) is 20.4. The summed E-state index contributed by atoms with van der Waals surface area (Å²) in [4.78, 5) is 17.4. The molecule has 6 nitrogen and oxygen atoms in total. The Morgan fingerprint density at radius 1 is 1.28 bits per heavy atom. The van der Waals surface area contributed by atoms with Crippen molar-refractivity contribution in [2.75, 3.05) is 20.2 Å². The van der Waals surface area contributed by atoms with E-state index in [0.29, 0.717) is 6.54 Å². The zero-order valence-electron chi connectivity index (χ0n) is 17.0. The quantitative estimate of drug-likeness (QED) is 0.665. The number of nitrogens with zero attached hydrogens (tertiary/aromatic N) is 3. The van der Waals surface area contributed by atoms with Gasteiger partial charge in [0.2, 0.25) is 0 Å². The Balaban J connectivity index is 1.73. The second-order valence-corrected chi connectivity index (χ2v) is 7.83. The van der Waals surface area contributed by atoms with Crippen LogP contribution in [0.1, 0.15) is 34.9 Å². The van der Waals surface area contributed by atoms with Crippen LogP contribution in [0.25, 0.3) is 10.9 Å². The van der Waals surface area contributed by atoms with Gasteiger partial charge in [-0.25, -0.2) is 0 Å². The summed E-state index contributed by atoms with van der Waals surface area (Å²) in [7, 11) is 2.16. The number of aliphatic carboxylic acids is 1. The first-order chi connectivity index (χ1) is 14.0. The Hall–Kier alpha value is -2.70. The maximum absolute atomic E-state index is 11.0. The van der Waals surface area contributed by atoms with Gasteiger partial charge in [-0.2, -0.15) is 0 Å². The number of fused-ring (bicyclic) bond motifs is 3. The number of ether oxygens (including phenoxy) is 1. The summed E-state index contributed by atoms with van der Waals surface area (Å²) in [5.41, 5.74) is 6.26. The molecule has 4 rings (SSSR count). The third-order valence-corrected chi connectivity index (χ3v) is 5.66. The number of rotatable bonds is 7. The van der Waals surface area contributed by atoms with Crippen molar-refractivity contribution in [2.24, 2.45) is 0 Å². The molecule has 1 aliphatic rings. The Kier molecular flexibility index (Phi) is 5.65. The third-order valence-electron chi connectivity index (χ3n) is 5.66. The maximum Gasteiger partial charge on any atom is 0.305 e. The Labute approximate surface area is 170 Å². The van der Waals surface area contributed by atoms with Crippen LogP contribution in [-0.2, 0) is 29.0 Å². The van der Waals surface area contributed by atoms with Crippen molar-refractivity contribution in [3.8, 4) is 0 Å². The molecule has 0 fully saturated rings. The largest absolute Gasteiger partial charge is 0.481 e. The topological polar surface area (TPSA) is 67.6 Å². The number of benzene rings is 1. The molecule has 29 heavy (non-hydrogen) atoms. The fourth-order valence-corrected chi connectivity index (χ4v) is 4.19. The van der Waals surface area contributed by atoms with Crippen molar-refractivity contribution in [2.45, 2.75) is 39.0 Å². The smallest absolute Gasteiger partial charge is 0.305 e. The highest BCUT2D eigenvalue weighted by Gasteiger charge is 2.24. The fourth-order valence-electron chi connectivity index (χ4n) is 4.19. The number of hydrogen-bond donors (Lipinski definition) is 1. The van der Waals surface area contributed by atoms with E-state index in [2.05, 4.69) is 46.6 Å². The van der Waals surface area contributed by atoms with Crippen LogP contribution in [-0.4, -0.2) is 45.7 Å². The molecule has 0 bridgehead atoms. The molecule has 0 aliphatic carbocycles. The molecular weight excluding hydrogens is 366 g/mol. The van der Waals surface area contributed by atoms with E-state index in [0.717, 1.165) is 25.1 Å². The molecule has 1 aromatic carbocycles. The molecule has 1 unspecified atom stereocenters. The predicted molar refractivity (Wildman–Crippen MR) is 112 cm³/mol. The van der Waals surface area contributed by atoms with Gasteiger partial charge >= 0.3 is 5.97 Å². The first kappa shape index (κ1) is 19.6. The monoisotopic (exact) mass is 393 g/mol. The second kappa shape index (κ2) is 8.35. The number of aromatic nitrogens is 2. The van der Waals surface area contributed by atoms with E-state index in [1.165, 1.54) is 27.7 Å². The number of carboxylic acid groups (broad SMARTS) is 1. The molecule has 1 N–H and O–H groups in total. The van der Waals surface area contributed by atoms with Crippen molar-refractivity contribution in [1.82, 2.24) is 14.5 Å². The first-order valence-corrected chi connectivity index (χ1v) is 10.1. The molecule has 0 spiro atoms. The molecule has 0 radical (unpaired) electrons. The van der Waals surface area contributed by atoms with E-state index >= 15 is 0 Å². The lowest BCUT2D eigenvalue weighted by Crippen LogP contribution is -2.28. The van der Waals surface area contributed by atoms with Crippen LogP contribution in [0.3, 0.4) is 0 Å². The van der Waals surface area contributed by atoms with E-state index < -0.39 is 5.97 Å². The molecule has 3 heterocycles. The molecule has 0 saturated carbocycles. The predicted octanol–water partition coefficient (Wildman–Crippen LogP) is 3.57. The van der Waals surface area contributed by atoms with Gasteiger partial charge in [0.05, 0.1) is 19.6 Å². The average molecular weight is 393 g/mol. The second-order valence-electron chi connectivity index (χ2n) is 7.83. The van der Waals surface area contributed by atoms with Gasteiger partial charge in [0.1, 0.15) is 6.10 Å². The summed E-state index contributed by atoms with van der Waals surface area (Å²) in [5.74, 6) is -0.846. The fraction of sp³-hybridized carbons (Fsp3) is 0.391. The highest BCUT2D eigenvalue weighted by atomic mass is 16.5. The van der Waals surface area contributed by atoms with E-state index in [4.69, 9.17) is 9.84 Å². The highest BCUT2D eigenvalue weighted by Crippen LogP contribution is 2.33. The Morgan fingerprint density at radius 2 is 2.07 bits per heavy atom. The van der Waals surface area contributed by atoms with Gasteiger partial charge in [0.25, 0.3) is 0 Å². The molecule has 3 aromatic rings. The standard InChI is InChI=1S/C23H27N3O3/c1-16-3-4-20-18(13-16)19-14-25(2)11-7-21(19)26(20)15-22(29-12-8-23(27)28)17-5-9-24-10-6-17/h3-6,9-10,13,22H,7-8,11-12,14-15H2,1-2H3,(H,27,28). The van der Waals surface area contributed by atoms with Gasteiger partial charge in [-0.3, -0.25) is 9.78 Å². The SMILES string of the molecule is Cc1ccc2c(c1)c1c(n2CC(OCCC(=O)O)c2ccncc2)CCN(C)C1. The summed E-state index contributed by atoms with van der Waals surface area (Å²) < 4.78 is 8.44. The van der Waals surface area contributed by atoms with E-state index in [-0.39, 0.29) is 19.1 Å². The lowest BCUT2D eigenvalue weighted by Gasteiger charge is -2.26. The normalized spacial score (nSPS) is 15.4. The Morgan fingerprint density at radius 3 is 2.83 bits per heavy atom. The van der Waals surface area contributed by atoms with Crippen LogP contribution in [0.2, 0.25) is 0 Å². The highest BCUT2D eigenvalue weighted by molar-refractivity contribution is 5.86. The molecule has 0 amide bonds. The van der Waals surface area contributed by atoms with Crippen LogP contribution in [0.5, 0.6) is 0 Å². The van der Waals surface area contributed by atoms with E-state index in [1.54, 1.807) is 12.4 Å². The molecule has 1 atom stereocenters. The van der Waals surface area contributed by atoms with Gasteiger partial charge in [-0.15, -0.1) is 0 Å². The Bertz CT molecular complexity index is 1010. The van der Waals surface area contributed by atoms with Crippen LogP contribution in [0.4, 0.5) is 0 Å². The summed E-state index contributed by atoms with van der Waals surface area (Å²) in [6, 6.07) is 10.5. The van der Waals surface area contributed by atoms with Gasteiger partial charge in [0, 0.05) is 48.5 Å². The first-order valence-electron chi connectivity index (χ1n) is 10.1. The summed E-state index contributed by atoms with van der Waals surface area (Å²) >= 11 is 0. The van der Waals surface area contributed by atoms with Crippen LogP contribution >= 0.6 is 0 Å². The van der Waals surface area contributed by atoms with Gasteiger partial charge in [-0.05, 0) is 49.4 Å². The molecular formula is C23H27N3O3. The van der Waals surface area contributed by atoms with Crippen molar-refractivity contribution in [3.05, 3.63) is 65.1 Å². The minimum Gasteiger partial charge on any atom is -0.481 e. The van der Waals surface area contributed by atoms with Crippen molar-refractivity contribution >= 4 is 16.9 Å². The van der Waals surface area contributed by atoms with Crippen LogP contribution < -0.4 is 0 Å².